The Morgan fingerprint density at radius 2 is 1.80 bits per heavy atom. The summed E-state index contributed by atoms with van der Waals surface area (Å²) in [6.07, 6.45) is 1.66. The largest absolute Gasteiger partial charge is 0.503 e. The molecule has 2 heterocycles. The molecule has 0 aliphatic carbocycles. The second-order valence-corrected chi connectivity index (χ2v) is 7.70. The first-order valence-corrected chi connectivity index (χ1v) is 10.4. The van der Waals surface area contributed by atoms with Gasteiger partial charge in [-0.3, -0.25) is 14.6 Å². The fourth-order valence-electron chi connectivity index (χ4n) is 3.85. The maximum absolute atomic E-state index is 12.9. The lowest BCUT2D eigenvalue weighted by molar-refractivity contribution is -0.130. The third-order valence-electron chi connectivity index (χ3n) is 5.49. The number of aliphatic hydroxyl groups excluding tert-OH is 1. The van der Waals surface area contributed by atoms with Crippen LogP contribution in [-0.2, 0) is 16.1 Å². The Balaban J connectivity index is 2.03. The van der Waals surface area contributed by atoms with E-state index in [1.165, 1.54) is 4.90 Å². The molecule has 0 bridgehead atoms. The monoisotopic (exact) mass is 407 g/mol. The molecule has 0 spiro atoms. The molecule has 1 amide bonds. The summed E-state index contributed by atoms with van der Waals surface area (Å²) < 4.78 is 0. The average molecular weight is 408 g/mol. The number of nitrogens with zero attached hydrogens (tertiary/aromatic N) is 3. The summed E-state index contributed by atoms with van der Waals surface area (Å²) in [5.41, 5.74) is 2.74. The summed E-state index contributed by atoms with van der Waals surface area (Å²) >= 11 is 0. The summed E-state index contributed by atoms with van der Waals surface area (Å²) in [6, 6.07) is 12.7. The molecule has 1 N–H and O–H groups in total. The Morgan fingerprint density at radius 1 is 1.13 bits per heavy atom. The number of pyridine rings is 1. The molecule has 0 saturated carbocycles. The highest BCUT2D eigenvalue weighted by Crippen LogP contribution is 2.40. The van der Waals surface area contributed by atoms with Gasteiger partial charge in [-0.1, -0.05) is 32.0 Å². The number of anilines is 1. The lowest BCUT2D eigenvalue weighted by atomic mass is 9.91. The minimum atomic E-state index is -0.639. The number of rotatable bonds is 8. The topological polar surface area (TPSA) is 73.7 Å². The Kier molecular flexibility index (Phi) is 6.55. The van der Waals surface area contributed by atoms with Crippen LogP contribution in [0.2, 0.25) is 0 Å². The maximum atomic E-state index is 12.9. The van der Waals surface area contributed by atoms with Gasteiger partial charge in [-0.15, -0.1) is 0 Å². The van der Waals surface area contributed by atoms with Crippen LogP contribution >= 0.6 is 0 Å². The van der Waals surface area contributed by atoms with Crippen molar-refractivity contribution in [2.75, 3.05) is 18.0 Å². The lowest BCUT2D eigenvalue weighted by Gasteiger charge is -2.28. The first-order valence-electron chi connectivity index (χ1n) is 10.4. The number of hydrogen-bond acceptors (Lipinski definition) is 5. The highest BCUT2D eigenvalue weighted by Gasteiger charge is 2.44. The van der Waals surface area contributed by atoms with Crippen LogP contribution in [0.1, 0.15) is 45.0 Å². The molecule has 158 valence electrons. The summed E-state index contributed by atoms with van der Waals surface area (Å²) in [5, 5.41) is 10.6. The van der Waals surface area contributed by atoms with E-state index in [4.69, 9.17) is 0 Å². The molecule has 1 aliphatic rings. The smallest absolute Gasteiger partial charge is 0.290 e. The van der Waals surface area contributed by atoms with Gasteiger partial charge in [-0.2, -0.15) is 0 Å². The van der Waals surface area contributed by atoms with Crippen molar-refractivity contribution in [3.63, 3.8) is 0 Å². The molecular formula is C24H29N3O3. The van der Waals surface area contributed by atoms with Crippen molar-refractivity contribution in [1.82, 2.24) is 9.88 Å². The molecule has 1 unspecified atom stereocenters. The zero-order chi connectivity index (χ0) is 21.8. The summed E-state index contributed by atoms with van der Waals surface area (Å²) in [6.45, 7) is 9.73. The van der Waals surface area contributed by atoms with Crippen molar-refractivity contribution in [1.29, 1.82) is 0 Å². The number of carbonyl (C=O) groups excluding carboxylic acids is 2. The van der Waals surface area contributed by atoms with Gasteiger partial charge in [0.05, 0.1) is 23.9 Å². The Morgan fingerprint density at radius 3 is 2.33 bits per heavy atom. The minimum Gasteiger partial charge on any atom is -0.503 e. The molecule has 1 atom stereocenters. The van der Waals surface area contributed by atoms with E-state index in [1.54, 1.807) is 20.0 Å². The fourth-order valence-corrected chi connectivity index (χ4v) is 3.85. The van der Waals surface area contributed by atoms with Gasteiger partial charge in [-0.05, 0) is 43.7 Å². The third kappa shape index (κ3) is 4.08. The number of aliphatic hydroxyl groups is 1. The highest BCUT2D eigenvalue weighted by molar-refractivity contribution is 6.09. The molecule has 1 aromatic carbocycles. The second-order valence-electron chi connectivity index (χ2n) is 7.70. The summed E-state index contributed by atoms with van der Waals surface area (Å²) in [5.74, 6) is -1.55. The number of aromatic nitrogens is 1. The van der Waals surface area contributed by atoms with E-state index in [-0.39, 0.29) is 23.8 Å². The summed E-state index contributed by atoms with van der Waals surface area (Å²) in [7, 11) is 0. The SMILES string of the molecule is CCN(CC)c1ccc(C2C(C(=O)C(C)C)=C(O)C(=O)N2Cc2ccccn2)cc1. The number of Topliss-reactive ketones (excluding diaryl/α,β-unsaturated/α-hetero) is 1. The van der Waals surface area contributed by atoms with Crippen molar-refractivity contribution in [2.24, 2.45) is 5.92 Å². The van der Waals surface area contributed by atoms with Crippen molar-refractivity contribution in [2.45, 2.75) is 40.3 Å². The molecule has 0 radical (unpaired) electrons. The quantitative estimate of drug-likeness (QED) is 0.715. The predicted molar refractivity (Wildman–Crippen MR) is 117 cm³/mol. The Bertz CT molecular complexity index is 932. The number of amides is 1. The van der Waals surface area contributed by atoms with Gasteiger partial charge < -0.3 is 14.9 Å². The van der Waals surface area contributed by atoms with Crippen LogP contribution in [0.3, 0.4) is 0 Å². The first-order chi connectivity index (χ1) is 14.4. The zero-order valence-corrected chi connectivity index (χ0v) is 18.0. The molecule has 1 aliphatic heterocycles. The van der Waals surface area contributed by atoms with Gasteiger partial charge in [0, 0.05) is 30.9 Å². The van der Waals surface area contributed by atoms with Crippen LogP contribution in [0.5, 0.6) is 0 Å². The molecule has 1 aromatic heterocycles. The molecule has 0 saturated heterocycles. The minimum absolute atomic E-state index is 0.168. The van der Waals surface area contributed by atoms with E-state index in [1.807, 2.05) is 42.5 Å². The fraction of sp³-hybridized carbons (Fsp3) is 0.375. The molecule has 30 heavy (non-hydrogen) atoms. The highest BCUT2D eigenvalue weighted by atomic mass is 16.3. The third-order valence-corrected chi connectivity index (χ3v) is 5.49. The number of ketones is 1. The predicted octanol–water partition coefficient (Wildman–Crippen LogP) is 4.05. The van der Waals surface area contributed by atoms with E-state index in [0.717, 1.165) is 24.3 Å². The molecule has 2 aromatic rings. The molecule has 3 rings (SSSR count). The van der Waals surface area contributed by atoms with Crippen LogP contribution in [0.4, 0.5) is 5.69 Å². The summed E-state index contributed by atoms with van der Waals surface area (Å²) in [4.78, 5) is 33.9. The Labute approximate surface area is 177 Å². The van der Waals surface area contributed by atoms with Crippen LogP contribution in [0.15, 0.2) is 60.0 Å². The van der Waals surface area contributed by atoms with E-state index in [2.05, 4.69) is 23.7 Å². The second kappa shape index (κ2) is 9.11. The van der Waals surface area contributed by atoms with E-state index in [9.17, 15) is 14.7 Å². The number of carbonyl (C=O) groups is 2. The van der Waals surface area contributed by atoms with Crippen molar-refractivity contribution in [3.05, 3.63) is 71.3 Å². The first kappa shape index (κ1) is 21.6. The number of benzene rings is 1. The molecular weight excluding hydrogens is 378 g/mol. The van der Waals surface area contributed by atoms with Crippen molar-refractivity contribution >= 4 is 17.4 Å². The molecule has 0 fully saturated rings. The van der Waals surface area contributed by atoms with Gasteiger partial charge in [-0.25, -0.2) is 0 Å². The Hall–Kier alpha value is -3.15. The van der Waals surface area contributed by atoms with Gasteiger partial charge >= 0.3 is 0 Å². The van der Waals surface area contributed by atoms with E-state index >= 15 is 0 Å². The van der Waals surface area contributed by atoms with Crippen LogP contribution in [0, 0.1) is 5.92 Å². The standard InChI is InChI=1S/C24H29N3O3/c1-5-26(6-2)19-12-10-17(11-13-19)21-20(22(28)16(3)4)23(29)24(30)27(21)15-18-9-7-8-14-25-18/h7-14,16,21,29H,5-6,15H2,1-4H3. The lowest BCUT2D eigenvalue weighted by Crippen LogP contribution is -2.31. The molecule has 6 heteroatoms. The zero-order valence-electron chi connectivity index (χ0n) is 18.0. The van der Waals surface area contributed by atoms with E-state index in [0.29, 0.717) is 5.69 Å². The van der Waals surface area contributed by atoms with Crippen LogP contribution < -0.4 is 4.90 Å². The molecule has 6 nitrogen and oxygen atoms in total. The van der Waals surface area contributed by atoms with Gasteiger partial charge in [0.1, 0.15) is 0 Å². The van der Waals surface area contributed by atoms with Gasteiger partial charge in [0.25, 0.3) is 5.91 Å². The van der Waals surface area contributed by atoms with E-state index < -0.39 is 17.7 Å². The van der Waals surface area contributed by atoms with Gasteiger partial charge in [0.15, 0.2) is 11.5 Å². The maximum Gasteiger partial charge on any atom is 0.290 e. The average Bonchev–Trinajstić information content (AvgIpc) is 3.00. The van der Waals surface area contributed by atoms with Gasteiger partial charge in [0.2, 0.25) is 0 Å². The van der Waals surface area contributed by atoms with Crippen LogP contribution in [-0.4, -0.2) is 39.8 Å². The number of hydrogen-bond donors (Lipinski definition) is 1. The van der Waals surface area contributed by atoms with Crippen LogP contribution in [0.25, 0.3) is 0 Å². The van der Waals surface area contributed by atoms with Crippen molar-refractivity contribution < 1.29 is 14.7 Å². The normalized spacial score (nSPS) is 16.5. The van der Waals surface area contributed by atoms with Crippen molar-refractivity contribution in [3.8, 4) is 0 Å².